The molecule has 0 unspecified atom stereocenters. The molecule has 1 aliphatic rings. The van der Waals surface area contributed by atoms with E-state index in [9.17, 15) is 9.59 Å². The van der Waals surface area contributed by atoms with Gasteiger partial charge in [-0.25, -0.2) is 0 Å². The van der Waals surface area contributed by atoms with Crippen molar-refractivity contribution in [2.24, 2.45) is 5.92 Å². The van der Waals surface area contributed by atoms with E-state index in [0.717, 1.165) is 36.1 Å². The summed E-state index contributed by atoms with van der Waals surface area (Å²) in [5.74, 6) is 0.398. The van der Waals surface area contributed by atoms with Gasteiger partial charge in [0.2, 0.25) is 11.8 Å². The van der Waals surface area contributed by atoms with Gasteiger partial charge in [-0.3, -0.25) is 9.59 Å². The first-order valence-electron chi connectivity index (χ1n) is 9.79. The van der Waals surface area contributed by atoms with Crippen molar-refractivity contribution >= 4 is 17.5 Å². The standard InChI is InChI=1S/C23H28N2O2/c1-3-13-24-22(26)15-18-7-11-21(12-8-18)25(23(27)20-9-10-20)16-19-6-4-5-17(2)14-19/h4-8,11-12,14,20H,3,9-10,13,15-16H2,1-2H3,(H,24,26). The minimum atomic E-state index is 0.0373. The highest BCUT2D eigenvalue weighted by Gasteiger charge is 2.34. The first kappa shape index (κ1) is 19.2. The lowest BCUT2D eigenvalue weighted by Crippen LogP contribution is -2.31. The molecule has 0 atom stereocenters. The van der Waals surface area contributed by atoms with E-state index in [1.54, 1.807) is 0 Å². The molecule has 3 rings (SSSR count). The van der Waals surface area contributed by atoms with E-state index in [1.807, 2.05) is 42.2 Å². The number of carbonyl (C=O) groups is 2. The fraction of sp³-hybridized carbons (Fsp3) is 0.391. The lowest BCUT2D eigenvalue weighted by atomic mass is 10.1. The number of carbonyl (C=O) groups excluding carboxylic acids is 2. The molecule has 142 valence electrons. The van der Waals surface area contributed by atoms with E-state index in [-0.39, 0.29) is 17.7 Å². The predicted molar refractivity (Wildman–Crippen MR) is 109 cm³/mol. The Morgan fingerprint density at radius 2 is 1.81 bits per heavy atom. The monoisotopic (exact) mass is 364 g/mol. The largest absolute Gasteiger partial charge is 0.356 e. The van der Waals surface area contributed by atoms with Crippen LogP contribution < -0.4 is 10.2 Å². The minimum absolute atomic E-state index is 0.0373. The molecule has 2 aromatic rings. The maximum Gasteiger partial charge on any atom is 0.230 e. The molecular formula is C23H28N2O2. The quantitative estimate of drug-likeness (QED) is 0.769. The molecule has 1 saturated carbocycles. The molecule has 27 heavy (non-hydrogen) atoms. The van der Waals surface area contributed by atoms with Crippen LogP contribution in [0, 0.1) is 12.8 Å². The second-order valence-electron chi connectivity index (χ2n) is 7.38. The van der Waals surface area contributed by atoms with Gasteiger partial charge in [-0.1, -0.05) is 48.9 Å². The molecule has 4 nitrogen and oxygen atoms in total. The molecule has 4 heteroatoms. The Bertz CT molecular complexity index is 794. The number of nitrogens with zero attached hydrogens (tertiary/aromatic N) is 1. The van der Waals surface area contributed by atoms with E-state index in [4.69, 9.17) is 0 Å². The van der Waals surface area contributed by atoms with Crippen molar-refractivity contribution < 1.29 is 9.59 Å². The molecule has 1 aliphatic carbocycles. The highest BCUT2D eigenvalue weighted by molar-refractivity contribution is 5.96. The summed E-state index contributed by atoms with van der Waals surface area (Å²) in [6.07, 6.45) is 3.27. The van der Waals surface area contributed by atoms with Gasteiger partial charge in [-0.05, 0) is 49.4 Å². The number of amides is 2. The molecule has 0 radical (unpaired) electrons. The van der Waals surface area contributed by atoms with Gasteiger partial charge in [-0.15, -0.1) is 0 Å². The second kappa shape index (κ2) is 8.85. The van der Waals surface area contributed by atoms with Gasteiger partial charge in [0.25, 0.3) is 0 Å². The maximum absolute atomic E-state index is 12.8. The van der Waals surface area contributed by atoms with Crippen LogP contribution in [-0.2, 0) is 22.6 Å². The Hall–Kier alpha value is -2.62. The number of anilines is 1. The molecule has 0 bridgehead atoms. The summed E-state index contributed by atoms with van der Waals surface area (Å²) in [4.78, 5) is 26.6. The Morgan fingerprint density at radius 3 is 2.44 bits per heavy atom. The molecule has 0 aromatic heterocycles. The van der Waals surface area contributed by atoms with Crippen molar-refractivity contribution in [1.82, 2.24) is 5.32 Å². The SMILES string of the molecule is CCCNC(=O)Cc1ccc(N(Cc2cccc(C)c2)C(=O)C2CC2)cc1. The average Bonchev–Trinajstić information content (AvgIpc) is 3.50. The summed E-state index contributed by atoms with van der Waals surface area (Å²) in [6, 6.07) is 16.1. The van der Waals surface area contributed by atoms with E-state index >= 15 is 0 Å². The molecular weight excluding hydrogens is 336 g/mol. The highest BCUT2D eigenvalue weighted by Crippen LogP contribution is 2.33. The van der Waals surface area contributed by atoms with Crippen LogP contribution in [0.15, 0.2) is 48.5 Å². The third-order valence-corrected chi connectivity index (χ3v) is 4.80. The Balaban J connectivity index is 1.74. The van der Waals surface area contributed by atoms with E-state index < -0.39 is 0 Å². The number of rotatable bonds is 8. The first-order valence-corrected chi connectivity index (χ1v) is 9.79. The summed E-state index contributed by atoms with van der Waals surface area (Å²) >= 11 is 0. The lowest BCUT2D eigenvalue weighted by Gasteiger charge is -2.23. The molecule has 0 spiro atoms. The van der Waals surface area contributed by atoms with E-state index in [1.165, 1.54) is 5.56 Å². The average molecular weight is 364 g/mol. The summed E-state index contributed by atoms with van der Waals surface area (Å²) in [7, 11) is 0. The van der Waals surface area contributed by atoms with Gasteiger partial charge >= 0.3 is 0 Å². The maximum atomic E-state index is 12.8. The number of nitrogens with one attached hydrogen (secondary N) is 1. The van der Waals surface area contributed by atoms with Gasteiger partial charge in [0.05, 0.1) is 13.0 Å². The van der Waals surface area contributed by atoms with Crippen LogP contribution in [-0.4, -0.2) is 18.4 Å². The van der Waals surface area contributed by atoms with Gasteiger partial charge in [0.15, 0.2) is 0 Å². The first-order chi connectivity index (χ1) is 13.1. The van der Waals surface area contributed by atoms with E-state index in [2.05, 4.69) is 30.4 Å². The van der Waals surface area contributed by atoms with E-state index in [0.29, 0.717) is 19.5 Å². The van der Waals surface area contributed by atoms with Crippen molar-refractivity contribution in [3.63, 3.8) is 0 Å². The third-order valence-electron chi connectivity index (χ3n) is 4.80. The molecule has 0 saturated heterocycles. The van der Waals surface area contributed by atoms with Crippen LogP contribution in [0.4, 0.5) is 5.69 Å². The van der Waals surface area contributed by atoms with Crippen LogP contribution in [0.5, 0.6) is 0 Å². The Morgan fingerprint density at radius 1 is 1.07 bits per heavy atom. The zero-order chi connectivity index (χ0) is 19.2. The molecule has 1 N–H and O–H groups in total. The van der Waals surface area contributed by atoms with Crippen molar-refractivity contribution in [3.8, 4) is 0 Å². The summed E-state index contributed by atoms with van der Waals surface area (Å²) in [6.45, 7) is 5.38. The smallest absolute Gasteiger partial charge is 0.230 e. The number of benzene rings is 2. The second-order valence-corrected chi connectivity index (χ2v) is 7.38. The molecule has 2 aromatic carbocycles. The normalized spacial score (nSPS) is 13.3. The van der Waals surface area contributed by atoms with Gasteiger partial charge in [-0.2, -0.15) is 0 Å². The fourth-order valence-electron chi connectivity index (χ4n) is 3.15. The summed E-state index contributed by atoms with van der Waals surface area (Å²) in [5.41, 5.74) is 4.18. The minimum Gasteiger partial charge on any atom is -0.356 e. The Kier molecular flexibility index (Phi) is 6.28. The fourth-order valence-corrected chi connectivity index (χ4v) is 3.15. The van der Waals surface area contributed by atoms with Crippen LogP contribution in [0.25, 0.3) is 0 Å². The highest BCUT2D eigenvalue weighted by atomic mass is 16.2. The molecule has 2 amide bonds. The van der Waals surface area contributed by atoms with Gasteiger partial charge in [0.1, 0.15) is 0 Å². The number of hydrogen-bond donors (Lipinski definition) is 1. The van der Waals surface area contributed by atoms with Crippen LogP contribution in [0.3, 0.4) is 0 Å². The number of aryl methyl sites for hydroxylation is 1. The third kappa shape index (κ3) is 5.43. The topological polar surface area (TPSA) is 49.4 Å². The lowest BCUT2D eigenvalue weighted by molar-refractivity contribution is -0.121. The summed E-state index contributed by atoms with van der Waals surface area (Å²) < 4.78 is 0. The van der Waals surface area contributed by atoms with Crippen molar-refractivity contribution in [2.75, 3.05) is 11.4 Å². The van der Waals surface area contributed by atoms with Crippen molar-refractivity contribution in [1.29, 1.82) is 0 Å². The zero-order valence-corrected chi connectivity index (χ0v) is 16.2. The van der Waals surface area contributed by atoms with Crippen molar-refractivity contribution in [3.05, 3.63) is 65.2 Å². The van der Waals surface area contributed by atoms with Crippen LogP contribution in [0.1, 0.15) is 42.9 Å². The van der Waals surface area contributed by atoms with Gasteiger partial charge < -0.3 is 10.2 Å². The van der Waals surface area contributed by atoms with Crippen LogP contribution in [0.2, 0.25) is 0 Å². The summed E-state index contributed by atoms with van der Waals surface area (Å²) in [5, 5.41) is 2.89. The molecule has 1 fully saturated rings. The van der Waals surface area contributed by atoms with Crippen molar-refractivity contribution in [2.45, 2.75) is 46.1 Å². The number of hydrogen-bond acceptors (Lipinski definition) is 2. The van der Waals surface area contributed by atoms with Gasteiger partial charge in [0, 0.05) is 18.2 Å². The molecule has 0 aliphatic heterocycles. The predicted octanol–water partition coefficient (Wildman–Crippen LogP) is 4.01. The van der Waals surface area contributed by atoms with Crippen LogP contribution >= 0.6 is 0 Å². The Labute approximate surface area is 161 Å². The zero-order valence-electron chi connectivity index (χ0n) is 16.2. The molecule has 0 heterocycles.